The predicted molar refractivity (Wildman–Crippen MR) is 61.5 cm³/mol. The Bertz CT molecular complexity index is 465. The molecule has 0 saturated heterocycles. The molecule has 16 heavy (non-hydrogen) atoms. The second-order valence-corrected chi connectivity index (χ2v) is 3.56. The average molecular weight is 217 g/mol. The summed E-state index contributed by atoms with van der Waals surface area (Å²) in [6.45, 7) is 2.98. The molecule has 0 aliphatic rings. The van der Waals surface area contributed by atoms with Crippen molar-refractivity contribution in [2.75, 3.05) is 7.11 Å². The summed E-state index contributed by atoms with van der Waals surface area (Å²) < 4.78 is 7.23. The number of nitrogens with zero attached hydrogens (tertiary/aromatic N) is 3. The second-order valence-electron chi connectivity index (χ2n) is 3.56. The van der Waals surface area contributed by atoms with Gasteiger partial charge in [-0.2, -0.15) is 0 Å². The van der Waals surface area contributed by atoms with Crippen LogP contribution in [0.4, 0.5) is 0 Å². The first-order valence-corrected chi connectivity index (χ1v) is 5.33. The Labute approximate surface area is 94.9 Å². The van der Waals surface area contributed by atoms with Crippen LogP contribution in [0.3, 0.4) is 0 Å². The lowest BCUT2D eigenvalue weighted by molar-refractivity contribution is 0.414. The van der Waals surface area contributed by atoms with Crippen molar-refractivity contribution in [1.29, 1.82) is 0 Å². The molecular weight excluding hydrogens is 202 g/mol. The number of hydrogen-bond acceptors (Lipinski definition) is 3. The molecule has 2 aromatic rings. The van der Waals surface area contributed by atoms with E-state index >= 15 is 0 Å². The SMILES string of the molecule is CCn1cnnc1Cc1cccc(OC)c1. The zero-order valence-corrected chi connectivity index (χ0v) is 9.55. The van der Waals surface area contributed by atoms with E-state index in [1.807, 2.05) is 22.8 Å². The van der Waals surface area contributed by atoms with Gasteiger partial charge < -0.3 is 9.30 Å². The number of aromatic nitrogens is 3. The van der Waals surface area contributed by atoms with Crippen LogP contribution in [-0.4, -0.2) is 21.9 Å². The largest absolute Gasteiger partial charge is 0.497 e. The maximum absolute atomic E-state index is 5.19. The minimum atomic E-state index is 0.783. The Morgan fingerprint density at radius 1 is 1.38 bits per heavy atom. The van der Waals surface area contributed by atoms with E-state index in [-0.39, 0.29) is 0 Å². The maximum Gasteiger partial charge on any atom is 0.137 e. The molecule has 4 heteroatoms. The van der Waals surface area contributed by atoms with Crippen molar-refractivity contribution in [2.24, 2.45) is 0 Å². The third-order valence-corrected chi connectivity index (χ3v) is 2.53. The van der Waals surface area contributed by atoms with Crippen LogP contribution in [0.5, 0.6) is 5.75 Å². The first kappa shape index (κ1) is 10.7. The molecule has 0 aliphatic heterocycles. The minimum absolute atomic E-state index is 0.783. The lowest BCUT2D eigenvalue weighted by atomic mass is 10.1. The van der Waals surface area contributed by atoms with E-state index in [1.165, 1.54) is 5.56 Å². The van der Waals surface area contributed by atoms with Gasteiger partial charge in [0.05, 0.1) is 7.11 Å². The minimum Gasteiger partial charge on any atom is -0.497 e. The van der Waals surface area contributed by atoms with E-state index in [9.17, 15) is 0 Å². The van der Waals surface area contributed by atoms with Gasteiger partial charge in [0.15, 0.2) is 0 Å². The molecular formula is C12H15N3O. The molecule has 84 valence electrons. The molecule has 1 aromatic heterocycles. The number of aryl methyl sites for hydroxylation is 1. The molecule has 0 unspecified atom stereocenters. The first-order valence-electron chi connectivity index (χ1n) is 5.33. The number of hydrogen-bond donors (Lipinski definition) is 0. The molecule has 0 atom stereocenters. The predicted octanol–water partition coefficient (Wildman–Crippen LogP) is 1.90. The average Bonchev–Trinajstić information content (AvgIpc) is 2.76. The number of methoxy groups -OCH3 is 1. The molecule has 0 bridgehead atoms. The summed E-state index contributed by atoms with van der Waals surface area (Å²) in [5.41, 5.74) is 1.18. The molecule has 0 saturated carbocycles. The van der Waals surface area contributed by atoms with Gasteiger partial charge in [-0.3, -0.25) is 0 Å². The highest BCUT2D eigenvalue weighted by Gasteiger charge is 2.04. The van der Waals surface area contributed by atoms with Gasteiger partial charge in [-0.1, -0.05) is 12.1 Å². The van der Waals surface area contributed by atoms with E-state index in [0.29, 0.717) is 0 Å². The molecule has 1 aromatic carbocycles. The van der Waals surface area contributed by atoms with E-state index in [1.54, 1.807) is 13.4 Å². The Morgan fingerprint density at radius 2 is 2.25 bits per heavy atom. The topological polar surface area (TPSA) is 39.9 Å². The lowest BCUT2D eigenvalue weighted by Gasteiger charge is -2.05. The quantitative estimate of drug-likeness (QED) is 0.785. The fraction of sp³-hybridized carbons (Fsp3) is 0.333. The summed E-state index contributed by atoms with van der Waals surface area (Å²) >= 11 is 0. The van der Waals surface area contributed by atoms with Crippen LogP contribution in [0.1, 0.15) is 18.3 Å². The lowest BCUT2D eigenvalue weighted by Crippen LogP contribution is -2.01. The fourth-order valence-electron chi connectivity index (χ4n) is 1.64. The Hall–Kier alpha value is -1.84. The van der Waals surface area contributed by atoms with E-state index in [0.717, 1.165) is 24.5 Å². The van der Waals surface area contributed by atoms with Gasteiger partial charge in [-0.05, 0) is 24.6 Å². The van der Waals surface area contributed by atoms with E-state index in [4.69, 9.17) is 4.74 Å². The van der Waals surface area contributed by atoms with Crippen LogP contribution in [0, 0.1) is 0 Å². The van der Waals surface area contributed by atoms with Gasteiger partial charge in [-0.25, -0.2) is 0 Å². The van der Waals surface area contributed by atoms with Crippen LogP contribution in [0.2, 0.25) is 0 Å². The van der Waals surface area contributed by atoms with Crippen molar-refractivity contribution in [3.05, 3.63) is 42.0 Å². The van der Waals surface area contributed by atoms with Gasteiger partial charge >= 0.3 is 0 Å². The number of rotatable bonds is 4. The van der Waals surface area contributed by atoms with Crippen molar-refractivity contribution >= 4 is 0 Å². The van der Waals surface area contributed by atoms with Crippen molar-refractivity contribution < 1.29 is 4.74 Å². The molecule has 0 aliphatic carbocycles. The summed E-state index contributed by atoms with van der Waals surface area (Å²) in [5.74, 6) is 1.86. The Morgan fingerprint density at radius 3 is 3.00 bits per heavy atom. The molecule has 1 heterocycles. The molecule has 4 nitrogen and oxygen atoms in total. The van der Waals surface area contributed by atoms with Crippen molar-refractivity contribution in [2.45, 2.75) is 19.9 Å². The van der Waals surface area contributed by atoms with Crippen LogP contribution >= 0.6 is 0 Å². The molecule has 2 rings (SSSR count). The Kier molecular flexibility index (Phi) is 3.19. The molecule has 0 fully saturated rings. The highest BCUT2D eigenvalue weighted by Crippen LogP contribution is 2.15. The normalized spacial score (nSPS) is 10.4. The number of ether oxygens (including phenoxy) is 1. The Balaban J connectivity index is 2.20. The summed E-state index contributed by atoms with van der Waals surface area (Å²) in [4.78, 5) is 0. The molecule has 0 spiro atoms. The smallest absolute Gasteiger partial charge is 0.137 e. The van der Waals surface area contributed by atoms with Gasteiger partial charge in [0, 0.05) is 13.0 Å². The summed E-state index contributed by atoms with van der Waals surface area (Å²) in [7, 11) is 1.67. The van der Waals surface area contributed by atoms with Gasteiger partial charge in [0.2, 0.25) is 0 Å². The van der Waals surface area contributed by atoms with E-state index < -0.39 is 0 Å². The van der Waals surface area contributed by atoms with Crippen molar-refractivity contribution in [1.82, 2.24) is 14.8 Å². The standard InChI is InChI=1S/C12H15N3O/c1-3-15-9-13-14-12(15)8-10-5-4-6-11(7-10)16-2/h4-7,9H,3,8H2,1-2H3. The van der Waals surface area contributed by atoms with Crippen LogP contribution in [0.25, 0.3) is 0 Å². The van der Waals surface area contributed by atoms with Crippen molar-refractivity contribution in [3.63, 3.8) is 0 Å². The first-order chi connectivity index (χ1) is 7.83. The second kappa shape index (κ2) is 4.79. The van der Waals surface area contributed by atoms with Crippen LogP contribution in [0.15, 0.2) is 30.6 Å². The van der Waals surface area contributed by atoms with Gasteiger partial charge in [0.1, 0.15) is 17.9 Å². The molecule has 0 amide bonds. The summed E-state index contributed by atoms with van der Waals surface area (Å²) in [5, 5.41) is 8.02. The van der Waals surface area contributed by atoms with Crippen LogP contribution in [-0.2, 0) is 13.0 Å². The van der Waals surface area contributed by atoms with Crippen LogP contribution < -0.4 is 4.74 Å². The third kappa shape index (κ3) is 2.21. The summed E-state index contributed by atoms with van der Waals surface area (Å²) in [6.07, 6.45) is 2.54. The molecule has 0 radical (unpaired) electrons. The van der Waals surface area contributed by atoms with Gasteiger partial charge in [-0.15, -0.1) is 10.2 Å². The zero-order valence-electron chi connectivity index (χ0n) is 9.55. The number of benzene rings is 1. The van der Waals surface area contributed by atoms with Gasteiger partial charge in [0.25, 0.3) is 0 Å². The third-order valence-electron chi connectivity index (χ3n) is 2.53. The fourth-order valence-corrected chi connectivity index (χ4v) is 1.64. The maximum atomic E-state index is 5.19. The molecule has 0 N–H and O–H groups in total. The summed E-state index contributed by atoms with van der Waals surface area (Å²) in [6, 6.07) is 8.01. The monoisotopic (exact) mass is 217 g/mol. The van der Waals surface area contributed by atoms with Crippen molar-refractivity contribution in [3.8, 4) is 5.75 Å². The highest BCUT2D eigenvalue weighted by atomic mass is 16.5. The van der Waals surface area contributed by atoms with E-state index in [2.05, 4.69) is 23.2 Å². The zero-order chi connectivity index (χ0) is 11.4. The highest BCUT2D eigenvalue weighted by molar-refractivity contribution is 5.30.